The van der Waals surface area contributed by atoms with E-state index in [0.29, 0.717) is 10.8 Å². The highest BCUT2D eigenvalue weighted by atomic mass is 32.2. The molecular weight excluding hydrogens is 154 g/mol. The van der Waals surface area contributed by atoms with Gasteiger partial charge in [0.1, 0.15) is 0 Å². The molecule has 0 aliphatic rings. The summed E-state index contributed by atoms with van der Waals surface area (Å²) in [7, 11) is 0. The molecule has 1 nitrogen and oxygen atoms in total. The van der Waals surface area contributed by atoms with Crippen LogP contribution in [0.15, 0.2) is 0 Å². The van der Waals surface area contributed by atoms with Gasteiger partial charge >= 0.3 is 0 Å². The predicted octanol–water partition coefficient (Wildman–Crippen LogP) is 2.65. The minimum absolute atomic E-state index is 0.366. The van der Waals surface area contributed by atoms with Crippen molar-refractivity contribution in [2.24, 2.45) is 5.73 Å². The molecule has 2 heteroatoms. The topological polar surface area (TPSA) is 26.0 Å². The molecule has 0 saturated heterocycles. The Hall–Kier alpha value is 0.310. The van der Waals surface area contributed by atoms with Crippen molar-refractivity contribution < 1.29 is 0 Å². The molecule has 0 aliphatic heterocycles. The van der Waals surface area contributed by atoms with Crippen molar-refractivity contribution in [1.29, 1.82) is 0 Å². The van der Waals surface area contributed by atoms with Crippen LogP contribution in [0.5, 0.6) is 0 Å². The molecule has 1 atom stereocenters. The van der Waals surface area contributed by atoms with Crippen LogP contribution in [0.2, 0.25) is 0 Å². The van der Waals surface area contributed by atoms with Gasteiger partial charge in [-0.2, -0.15) is 11.8 Å². The first kappa shape index (κ1) is 11.3. The van der Waals surface area contributed by atoms with Gasteiger partial charge in [0.2, 0.25) is 0 Å². The van der Waals surface area contributed by atoms with E-state index in [1.165, 1.54) is 6.42 Å². The Balaban J connectivity index is 3.38. The van der Waals surface area contributed by atoms with Gasteiger partial charge in [-0.1, -0.05) is 34.1 Å². The van der Waals surface area contributed by atoms with Crippen LogP contribution >= 0.6 is 11.8 Å². The Morgan fingerprint density at radius 3 is 2.27 bits per heavy atom. The lowest BCUT2D eigenvalue weighted by Crippen LogP contribution is -2.25. The number of hydrogen-bond donors (Lipinski definition) is 1. The van der Waals surface area contributed by atoms with Crippen molar-refractivity contribution in [3.63, 3.8) is 0 Å². The molecule has 0 aromatic heterocycles. The maximum absolute atomic E-state index is 5.87. The summed E-state index contributed by atoms with van der Waals surface area (Å²) < 4.78 is 0.366. The van der Waals surface area contributed by atoms with Crippen LogP contribution in [0, 0.1) is 0 Å². The van der Waals surface area contributed by atoms with E-state index in [2.05, 4.69) is 27.7 Å². The summed E-state index contributed by atoms with van der Waals surface area (Å²) in [5.41, 5.74) is 5.87. The van der Waals surface area contributed by atoms with Crippen LogP contribution < -0.4 is 5.73 Å². The molecule has 0 saturated carbocycles. The van der Waals surface area contributed by atoms with Crippen LogP contribution in [-0.2, 0) is 0 Å². The monoisotopic (exact) mass is 175 g/mol. The van der Waals surface area contributed by atoms with Crippen molar-refractivity contribution >= 4 is 11.8 Å². The zero-order chi connectivity index (χ0) is 8.91. The minimum atomic E-state index is 0.366. The number of rotatable bonds is 4. The van der Waals surface area contributed by atoms with E-state index in [1.807, 2.05) is 11.8 Å². The smallest absolute Gasteiger partial charge is 0.0130 e. The van der Waals surface area contributed by atoms with E-state index < -0.39 is 0 Å². The zero-order valence-corrected chi connectivity index (χ0v) is 9.00. The lowest BCUT2D eigenvalue weighted by Gasteiger charge is -2.20. The molecule has 0 unspecified atom stereocenters. The van der Waals surface area contributed by atoms with Crippen molar-refractivity contribution in [3.8, 4) is 0 Å². The highest BCUT2D eigenvalue weighted by molar-refractivity contribution is 8.00. The third-order valence-corrected chi connectivity index (χ3v) is 2.85. The van der Waals surface area contributed by atoms with Gasteiger partial charge in [-0.15, -0.1) is 0 Å². The first-order valence-corrected chi connectivity index (χ1v) is 5.34. The Bertz CT molecular complexity index is 96.2. The van der Waals surface area contributed by atoms with E-state index >= 15 is 0 Å². The SMILES string of the molecule is CCC[C@@H](N)CSC(C)(C)C. The molecule has 68 valence electrons. The van der Waals surface area contributed by atoms with Crippen LogP contribution in [0.1, 0.15) is 40.5 Å². The summed E-state index contributed by atoms with van der Waals surface area (Å²) in [6.07, 6.45) is 2.36. The fraction of sp³-hybridized carbons (Fsp3) is 1.00. The normalized spacial score (nSPS) is 15.0. The number of hydrogen-bond acceptors (Lipinski definition) is 2. The summed E-state index contributed by atoms with van der Waals surface area (Å²) in [5.74, 6) is 1.09. The van der Waals surface area contributed by atoms with Crippen LogP contribution in [-0.4, -0.2) is 16.5 Å². The second-order valence-corrected chi connectivity index (χ2v) is 5.82. The predicted molar refractivity (Wildman–Crippen MR) is 55.1 cm³/mol. The average Bonchev–Trinajstić information content (AvgIpc) is 1.83. The highest BCUT2D eigenvalue weighted by Gasteiger charge is 2.12. The number of thioether (sulfide) groups is 1. The largest absolute Gasteiger partial charge is 0.327 e. The first-order chi connectivity index (χ1) is 4.95. The fourth-order valence-corrected chi connectivity index (χ4v) is 1.69. The quantitative estimate of drug-likeness (QED) is 0.711. The van der Waals surface area contributed by atoms with Gasteiger partial charge in [-0.3, -0.25) is 0 Å². The number of nitrogens with two attached hydrogens (primary N) is 1. The molecule has 0 aromatic rings. The fourth-order valence-electron chi connectivity index (χ4n) is 0.811. The lowest BCUT2D eigenvalue weighted by atomic mass is 10.2. The Labute approximate surface area is 75.1 Å². The van der Waals surface area contributed by atoms with Gasteiger partial charge in [0.05, 0.1) is 0 Å². The molecule has 2 N–H and O–H groups in total. The first-order valence-electron chi connectivity index (χ1n) is 4.35. The average molecular weight is 175 g/mol. The van der Waals surface area contributed by atoms with Gasteiger partial charge < -0.3 is 5.73 Å². The molecule has 0 rings (SSSR count). The molecule has 0 aromatic carbocycles. The second kappa shape index (κ2) is 5.04. The molecule has 0 heterocycles. The third kappa shape index (κ3) is 8.21. The standard InChI is InChI=1S/C9H21NS/c1-5-6-8(10)7-11-9(2,3)4/h8H,5-7,10H2,1-4H3/t8-/m1/s1. The third-order valence-electron chi connectivity index (χ3n) is 1.39. The minimum Gasteiger partial charge on any atom is -0.327 e. The maximum Gasteiger partial charge on any atom is 0.0130 e. The summed E-state index contributed by atoms with van der Waals surface area (Å²) >= 11 is 1.96. The summed E-state index contributed by atoms with van der Waals surface area (Å²) in [6, 6.07) is 0.393. The van der Waals surface area contributed by atoms with Crippen molar-refractivity contribution in [2.45, 2.75) is 51.3 Å². The molecule has 0 radical (unpaired) electrons. The Morgan fingerprint density at radius 2 is 1.91 bits per heavy atom. The second-order valence-electron chi connectivity index (χ2n) is 3.97. The van der Waals surface area contributed by atoms with Crippen LogP contribution in [0.4, 0.5) is 0 Å². The molecule has 0 bridgehead atoms. The molecule has 0 fully saturated rings. The molecule has 0 spiro atoms. The molecule has 0 aliphatic carbocycles. The van der Waals surface area contributed by atoms with E-state index in [4.69, 9.17) is 5.73 Å². The van der Waals surface area contributed by atoms with Gasteiger partial charge in [0, 0.05) is 16.5 Å². The van der Waals surface area contributed by atoms with E-state index in [1.54, 1.807) is 0 Å². The highest BCUT2D eigenvalue weighted by Crippen LogP contribution is 2.23. The summed E-state index contributed by atoms with van der Waals surface area (Å²) in [6.45, 7) is 8.88. The van der Waals surface area contributed by atoms with Crippen LogP contribution in [0.25, 0.3) is 0 Å². The van der Waals surface area contributed by atoms with Gasteiger partial charge in [0.25, 0.3) is 0 Å². The van der Waals surface area contributed by atoms with Gasteiger partial charge in [-0.05, 0) is 6.42 Å². The summed E-state index contributed by atoms with van der Waals surface area (Å²) in [5, 5.41) is 0. The Kier molecular flexibility index (Phi) is 5.19. The lowest BCUT2D eigenvalue weighted by molar-refractivity contribution is 0.656. The Morgan fingerprint density at radius 1 is 1.36 bits per heavy atom. The van der Waals surface area contributed by atoms with Crippen molar-refractivity contribution in [3.05, 3.63) is 0 Å². The molecular formula is C9H21NS. The van der Waals surface area contributed by atoms with Gasteiger partial charge in [-0.25, -0.2) is 0 Å². The summed E-state index contributed by atoms with van der Waals surface area (Å²) in [4.78, 5) is 0. The maximum atomic E-state index is 5.87. The molecule has 11 heavy (non-hydrogen) atoms. The van der Waals surface area contributed by atoms with Gasteiger partial charge in [0.15, 0.2) is 0 Å². The van der Waals surface area contributed by atoms with Crippen molar-refractivity contribution in [1.82, 2.24) is 0 Å². The van der Waals surface area contributed by atoms with E-state index in [0.717, 1.165) is 12.2 Å². The van der Waals surface area contributed by atoms with E-state index in [-0.39, 0.29) is 0 Å². The van der Waals surface area contributed by atoms with E-state index in [9.17, 15) is 0 Å². The van der Waals surface area contributed by atoms with Crippen LogP contribution in [0.3, 0.4) is 0 Å². The molecule has 0 amide bonds. The zero-order valence-electron chi connectivity index (χ0n) is 8.18. The van der Waals surface area contributed by atoms with Crippen molar-refractivity contribution in [2.75, 3.05) is 5.75 Å².